The van der Waals surface area contributed by atoms with E-state index < -0.39 is 0 Å². The highest BCUT2D eigenvalue weighted by Crippen LogP contribution is 2.01. The standard InChI is InChI=1S/C6H3N4/c1-5-2-9-10-3-6(5)8-4-7-1/h1,3-4H. The summed E-state index contributed by atoms with van der Waals surface area (Å²) in [6.07, 6.45) is 7.36. The molecule has 0 spiro atoms. The van der Waals surface area contributed by atoms with Gasteiger partial charge in [-0.25, -0.2) is 9.97 Å². The summed E-state index contributed by atoms with van der Waals surface area (Å²) < 4.78 is 0. The predicted octanol–water partition coefficient (Wildman–Crippen LogP) is 0.220. The molecular formula is C6H3N4. The predicted molar refractivity (Wildman–Crippen MR) is 34.0 cm³/mol. The third-order valence-corrected chi connectivity index (χ3v) is 1.15. The van der Waals surface area contributed by atoms with Gasteiger partial charge in [0.1, 0.15) is 12.5 Å². The van der Waals surface area contributed by atoms with Crippen LogP contribution >= 0.6 is 0 Å². The fourth-order valence-electron chi connectivity index (χ4n) is 0.694. The van der Waals surface area contributed by atoms with E-state index in [0.717, 1.165) is 10.9 Å². The molecule has 0 saturated carbocycles. The molecular weight excluding hydrogens is 128 g/mol. The number of nitrogens with zero attached hydrogens (tertiary/aromatic N) is 4. The van der Waals surface area contributed by atoms with Gasteiger partial charge >= 0.3 is 0 Å². The molecule has 0 amide bonds. The van der Waals surface area contributed by atoms with Crippen LogP contribution in [0.15, 0.2) is 18.7 Å². The molecule has 0 aromatic carbocycles. The summed E-state index contributed by atoms with van der Waals surface area (Å²) in [5, 5.41) is 7.96. The van der Waals surface area contributed by atoms with Gasteiger partial charge in [0.2, 0.25) is 0 Å². The van der Waals surface area contributed by atoms with Crippen molar-refractivity contribution in [2.45, 2.75) is 0 Å². The molecule has 0 fully saturated rings. The molecule has 47 valence electrons. The Balaban J connectivity index is 2.89. The van der Waals surface area contributed by atoms with Gasteiger partial charge in [0.15, 0.2) is 0 Å². The number of hydrogen-bond donors (Lipinski definition) is 0. The Hall–Kier alpha value is -1.58. The Bertz CT molecular complexity index is 281. The van der Waals surface area contributed by atoms with Crippen LogP contribution in [0.2, 0.25) is 0 Å². The van der Waals surface area contributed by atoms with Crippen LogP contribution in [0.5, 0.6) is 0 Å². The summed E-state index contributed by atoms with van der Waals surface area (Å²) in [6, 6.07) is 0. The number of aromatic nitrogens is 4. The maximum atomic E-state index is 3.94. The maximum absolute atomic E-state index is 3.94. The Morgan fingerprint density at radius 3 is 3.20 bits per heavy atom. The van der Waals surface area contributed by atoms with E-state index in [-0.39, 0.29) is 0 Å². The lowest BCUT2D eigenvalue weighted by atomic mass is 10.4. The first-order chi connectivity index (χ1) is 4.97. The van der Waals surface area contributed by atoms with E-state index in [1.165, 1.54) is 6.33 Å². The van der Waals surface area contributed by atoms with Crippen molar-refractivity contribution in [1.29, 1.82) is 0 Å². The van der Waals surface area contributed by atoms with Gasteiger partial charge in [-0.3, -0.25) is 0 Å². The van der Waals surface area contributed by atoms with Crippen LogP contribution in [0, 0.1) is 6.20 Å². The Kier molecular flexibility index (Phi) is 1.04. The first-order valence-corrected chi connectivity index (χ1v) is 2.76. The Morgan fingerprint density at radius 1 is 1.30 bits per heavy atom. The van der Waals surface area contributed by atoms with Crippen LogP contribution in [0.4, 0.5) is 0 Å². The van der Waals surface area contributed by atoms with Gasteiger partial charge in [-0.1, -0.05) is 0 Å². The average molecular weight is 131 g/mol. The quantitative estimate of drug-likeness (QED) is 0.513. The smallest absolute Gasteiger partial charge is 0.125 e. The normalized spacial score (nSPS) is 10.0. The van der Waals surface area contributed by atoms with Crippen molar-refractivity contribution in [3.05, 3.63) is 24.9 Å². The molecule has 2 rings (SSSR count). The summed E-state index contributed by atoms with van der Waals surface area (Å²) in [6.45, 7) is 0. The minimum absolute atomic E-state index is 0.769. The van der Waals surface area contributed by atoms with Crippen LogP contribution in [0.1, 0.15) is 0 Å². The van der Waals surface area contributed by atoms with Crippen molar-refractivity contribution in [1.82, 2.24) is 20.2 Å². The van der Waals surface area contributed by atoms with Gasteiger partial charge in [0, 0.05) is 6.20 Å². The molecule has 4 nitrogen and oxygen atoms in total. The van der Waals surface area contributed by atoms with Gasteiger partial charge in [0.05, 0.1) is 17.1 Å². The van der Waals surface area contributed by atoms with Gasteiger partial charge in [-0.05, 0) is 0 Å². The fraction of sp³-hybridized carbons (Fsp3) is 0. The fourth-order valence-corrected chi connectivity index (χ4v) is 0.694. The molecule has 0 atom stereocenters. The summed E-state index contributed by atoms with van der Waals surface area (Å²) in [7, 11) is 0. The molecule has 0 aliphatic rings. The van der Waals surface area contributed by atoms with Gasteiger partial charge in [-0.2, -0.15) is 5.10 Å². The lowest BCUT2D eigenvalue weighted by molar-refractivity contribution is 1.03. The Morgan fingerprint density at radius 2 is 2.30 bits per heavy atom. The summed E-state index contributed by atoms with van der Waals surface area (Å²) >= 11 is 0. The van der Waals surface area contributed by atoms with E-state index in [4.69, 9.17) is 0 Å². The molecule has 0 aliphatic heterocycles. The first kappa shape index (κ1) is 5.22. The van der Waals surface area contributed by atoms with E-state index in [1.54, 1.807) is 12.4 Å². The molecule has 2 aromatic rings. The van der Waals surface area contributed by atoms with E-state index >= 15 is 0 Å². The maximum Gasteiger partial charge on any atom is 0.125 e. The highest BCUT2D eigenvalue weighted by atomic mass is 15.1. The molecule has 2 heterocycles. The minimum Gasteiger partial charge on any atom is -0.244 e. The first-order valence-electron chi connectivity index (χ1n) is 2.76. The van der Waals surface area contributed by atoms with E-state index in [9.17, 15) is 0 Å². The number of fused-ring (bicyclic) bond motifs is 1. The van der Waals surface area contributed by atoms with Crippen LogP contribution in [0.25, 0.3) is 10.9 Å². The zero-order chi connectivity index (χ0) is 6.81. The second kappa shape index (κ2) is 1.98. The van der Waals surface area contributed by atoms with Gasteiger partial charge in [-0.15, -0.1) is 5.10 Å². The zero-order valence-corrected chi connectivity index (χ0v) is 5.02. The molecule has 4 heteroatoms. The van der Waals surface area contributed by atoms with Crippen LogP contribution in [0.3, 0.4) is 0 Å². The molecule has 10 heavy (non-hydrogen) atoms. The molecule has 0 N–H and O–H groups in total. The topological polar surface area (TPSA) is 51.6 Å². The SMILES string of the molecule is [c]1nncc2ncncc12. The summed E-state index contributed by atoms with van der Waals surface area (Å²) in [4.78, 5) is 7.74. The molecule has 2 aromatic heterocycles. The van der Waals surface area contributed by atoms with E-state index in [2.05, 4.69) is 26.4 Å². The van der Waals surface area contributed by atoms with Crippen LogP contribution in [-0.4, -0.2) is 20.2 Å². The average Bonchev–Trinajstić information content (AvgIpc) is 2.05. The van der Waals surface area contributed by atoms with E-state index in [1.807, 2.05) is 0 Å². The number of hydrogen-bond acceptors (Lipinski definition) is 4. The Labute approximate surface area is 57.0 Å². The molecule has 0 saturated heterocycles. The minimum atomic E-state index is 0.769. The van der Waals surface area contributed by atoms with Crippen molar-refractivity contribution in [2.75, 3.05) is 0 Å². The third kappa shape index (κ3) is 0.699. The van der Waals surface area contributed by atoms with Gasteiger partial charge in [0.25, 0.3) is 0 Å². The second-order valence-corrected chi connectivity index (χ2v) is 1.78. The summed E-state index contributed by atoms with van der Waals surface area (Å²) in [5.41, 5.74) is 0.769. The van der Waals surface area contributed by atoms with Crippen LogP contribution in [-0.2, 0) is 0 Å². The molecule has 0 unspecified atom stereocenters. The van der Waals surface area contributed by atoms with Crippen molar-refractivity contribution in [2.24, 2.45) is 0 Å². The summed E-state index contributed by atoms with van der Waals surface area (Å²) in [5.74, 6) is 0. The monoisotopic (exact) mass is 131 g/mol. The van der Waals surface area contributed by atoms with Gasteiger partial charge < -0.3 is 0 Å². The van der Waals surface area contributed by atoms with E-state index in [0.29, 0.717) is 0 Å². The number of rotatable bonds is 0. The molecule has 0 bridgehead atoms. The zero-order valence-electron chi connectivity index (χ0n) is 5.02. The lowest BCUT2D eigenvalue weighted by Crippen LogP contribution is -1.84. The third-order valence-electron chi connectivity index (χ3n) is 1.15. The second-order valence-electron chi connectivity index (χ2n) is 1.78. The van der Waals surface area contributed by atoms with Crippen molar-refractivity contribution in [3.8, 4) is 0 Å². The van der Waals surface area contributed by atoms with Crippen molar-refractivity contribution in [3.63, 3.8) is 0 Å². The largest absolute Gasteiger partial charge is 0.244 e. The molecule has 0 aliphatic carbocycles. The van der Waals surface area contributed by atoms with Crippen molar-refractivity contribution < 1.29 is 0 Å². The van der Waals surface area contributed by atoms with Crippen LogP contribution < -0.4 is 0 Å². The molecule has 1 radical (unpaired) electrons. The highest BCUT2D eigenvalue weighted by molar-refractivity contribution is 5.73. The lowest BCUT2D eigenvalue weighted by Gasteiger charge is -1.88. The highest BCUT2D eigenvalue weighted by Gasteiger charge is 1.90. The van der Waals surface area contributed by atoms with Crippen molar-refractivity contribution >= 4 is 10.9 Å².